The zero-order valence-electron chi connectivity index (χ0n) is 19.5. The Bertz CT molecular complexity index is 441. The Kier molecular flexibility index (Phi) is 18.0. The summed E-state index contributed by atoms with van der Waals surface area (Å²) >= 11 is 0. The molecule has 0 heterocycles. The van der Waals surface area contributed by atoms with Gasteiger partial charge in [-0.25, -0.2) is 0 Å². The maximum atomic E-state index is 11.9. The number of ether oxygens (including phenoxy) is 3. The smallest absolute Gasteiger partial charge is 0.246 e. The molecule has 0 spiro atoms. The van der Waals surface area contributed by atoms with Crippen LogP contribution in [0.15, 0.2) is 0 Å². The van der Waals surface area contributed by atoms with Gasteiger partial charge in [0.15, 0.2) is 5.78 Å². The first-order valence-corrected chi connectivity index (χ1v) is 11.3. The molecule has 8 heteroatoms. The summed E-state index contributed by atoms with van der Waals surface area (Å²) in [6.45, 7) is 11.6. The molecule has 8 nitrogen and oxygen atoms in total. The number of hydrogen-bond acceptors (Lipinski definition) is 7. The monoisotopic (exact) mass is 432 g/mol. The third-order valence-electron chi connectivity index (χ3n) is 4.79. The van der Waals surface area contributed by atoms with E-state index in [9.17, 15) is 14.7 Å². The average molecular weight is 433 g/mol. The van der Waals surface area contributed by atoms with Crippen molar-refractivity contribution < 1.29 is 28.9 Å². The maximum Gasteiger partial charge on any atom is 0.246 e. The standard InChI is InChI=1S/C22H44N2O6/c1-5-22(27,6-2)20(25)17-30-18-21(26)24-12-10-16-29-14-8-7-13-28-15-9-11-23-19(3)4/h19,23,27H,5-18H2,1-4H3,(H,24,26). The molecule has 0 unspecified atom stereocenters. The molecule has 0 aromatic rings. The largest absolute Gasteiger partial charge is 0.382 e. The molecule has 0 fully saturated rings. The number of carbonyl (C=O) groups excluding carboxylic acids is 2. The van der Waals surface area contributed by atoms with Gasteiger partial charge in [-0.2, -0.15) is 0 Å². The number of aliphatic hydroxyl groups is 1. The molecular weight excluding hydrogens is 388 g/mol. The fraction of sp³-hybridized carbons (Fsp3) is 0.909. The predicted molar refractivity (Wildman–Crippen MR) is 118 cm³/mol. The molecule has 178 valence electrons. The van der Waals surface area contributed by atoms with Gasteiger partial charge in [0.1, 0.15) is 18.8 Å². The number of nitrogens with one attached hydrogen (secondary N) is 2. The Balaban J connectivity index is 3.40. The van der Waals surface area contributed by atoms with E-state index in [0.29, 0.717) is 38.6 Å². The minimum atomic E-state index is -1.36. The molecule has 0 rings (SSSR count). The van der Waals surface area contributed by atoms with Crippen molar-refractivity contribution in [1.82, 2.24) is 10.6 Å². The molecular formula is C22H44N2O6. The number of hydrogen-bond donors (Lipinski definition) is 3. The molecule has 0 aliphatic carbocycles. The Morgan fingerprint density at radius 3 is 1.90 bits per heavy atom. The lowest BCUT2D eigenvalue weighted by Crippen LogP contribution is -2.40. The van der Waals surface area contributed by atoms with Gasteiger partial charge in [0.25, 0.3) is 0 Å². The van der Waals surface area contributed by atoms with Crippen molar-refractivity contribution in [3.05, 3.63) is 0 Å². The van der Waals surface area contributed by atoms with Gasteiger partial charge in [-0.15, -0.1) is 0 Å². The summed E-state index contributed by atoms with van der Waals surface area (Å²) < 4.78 is 16.2. The second-order valence-electron chi connectivity index (χ2n) is 7.75. The first-order chi connectivity index (χ1) is 14.4. The van der Waals surface area contributed by atoms with Crippen LogP contribution in [-0.2, 0) is 23.8 Å². The van der Waals surface area contributed by atoms with Crippen LogP contribution in [0.3, 0.4) is 0 Å². The number of Topliss-reactive ketones (excluding diaryl/α,β-unsaturated/α-hetero) is 1. The summed E-state index contributed by atoms with van der Waals surface area (Å²) in [4.78, 5) is 23.6. The highest BCUT2D eigenvalue weighted by molar-refractivity contribution is 5.88. The zero-order valence-corrected chi connectivity index (χ0v) is 19.5. The van der Waals surface area contributed by atoms with E-state index in [0.717, 1.165) is 45.4 Å². The number of carbonyl (C=O) groups is 2. The minimum absolute atomic E-state index is 0.191. The quantitative estimate of drug-likeness (QED) is 0.238. The highest BCUT2D eigenvalue weighted by Crippen LogP contribution is 2.15. The van der Waals surface area contributed by atoms with E-state index in [-0.39, 0.29) is 24.9 Å². The second kappa shape index (κ2) is 18.7. The van der Waals surface area contributed by atoms with Crippen molar-refractivity contribution in [3.8, 4) is 0 Å². The van der Waals surface area contributed by atoms with Crippen LogP contribution in [0.2, 0.25) is 0 Å². The molecule has 0 aromatic heterocycles. The minimum Gasteiger partial charge on any atom is -0.382 e. The molecule has 0 aliphatic rings. The summed E-state index contributed by atoms with van der Waals surface area (Å²) in [6.07, 6.45) is 4.36. The number of amides is 1. The lowest BCUT2D eigenvalue weighted by atomic mass is 9.93. The van der Waals surface area contributed by atoms with Gasteiger partial charge in [-0.1, -0.05) is 27.7 Å². The summed E-state index contributed by atoms with van der Waals surface area (Å²) in [5, 5.41) is 16.1. The van der Waals surface area contributed by atoms with Crippen molar-refractivity contribution in [1.29, 1.82) is 0 Å². The van der Waals surface area contributed by atoms with Gasteiger partial charge in [-0.3, -0.25) is 9.59 Å². The first kappa shape index (κ1) is 28.9. The topological polar surface area (TPSA) is 106 Å². The molecule has 0 saturated heterocycles. The van der Waals surface area contributed by atoms with Crippen LogP contribution < -0.4 is 10.6 Å². The molecule has 0 bridgehead atoms. The second-order valence-corrected chi connectivity index (χ2v) is 7.75. The Hall–Kier alpha value is -1.06. The van der Waals surface area contributed by atoms with Gasteiger partial charge in [0.05, 0.1) is 0 Å². The van der Waals surface area contributed by atoms with E-state index in [4.69, 9.17) is 14.2 Å². The van der Waals surface area contributed by atoms with Crippen LogP contribution in [0.1, 0.15) is 66.2 Å². The van der Waals surface area contributed by atoms with Gasteiger partial charge in [0, 0.05) is 39.0 Å². The van der Waals surface area contributed by atoms with Crippen LogP contribution >= 0.6 is 0 Å². The number of ketones is 1. The fourth-order valence-corrected chi connectivity index (χ4v) is 2.65. The highest BCUT2D eigenvalue weighted by atomic mass is 16.5. The molecule has 0 aromatic carbocycles. The zero-order chi connectivity index (χ0) is 22.7. The van der Waals surface area contributed by atoms with Gasteiger partial charge in [0.2, 0.25) is 5.91 Å². The van der Waals surface area contributed by atoms with Crippen LogP contribution in [0.5, 0.6) is 0 Å². The normalized spacial score (nSPS) is 11.8. The van der Waals surface area contributed by atoms with Crippen LogP contribution in [0.25, 0.3) is 0 Å². The van der Waals surface area contributed by atoms with Crippen molar-refractivity contribution in [2.45, 2.75) is 77.9 Å². The molecule has 0 atom stereocenters. The van der Waals surface area contributed by atoms with Gasteiger partial charge < -0.3 is 30.0 Å². The van der Waals surface area contributed by atoms with E-state index in [1.807, 2.05) is 0 Å². The third-order valence-corrected chi connectivity index (χ3v) is 4.79. The Morgan fingerprint density at radius 2 is 1.37 bits per heavy atom. The van der Waals surface area contributed by atoms with Crippen LogP contribution in [0.4, 0.5) is 0 Å². The van der Waals surface area contributed by atoms with E-state index >= 15 is 0 Å². The van der Waals surface area contributed by atoms with Gasteiger partial charge >= 0.3 is 0 Å². The summed E-state index contributed by atoms with van der Waals surface area (Å²) in [7, 11) is 0. The highest BCUT2D eigenvalue weighted by Gasteiger charge is 2.31. The average Bonchev–Trinajstić information content (AvgIpc) is 2.72. The van der Waals surface area contributed by atoms with Crippen LogP contribution in [0, 0.1) is 0 Å². The van der Waals surface area contributed by atoms with Crippen molar-refractivity contribution in [3.63, 3.8) is 0 Å². The third kappa shape index (κ3) is 15.7. The van der Waals surface area contributed by atoms with E-state index in [1.54, 1.807) is 13.8 Å². The molecule has 1 amide bonds. The molecule has 30 heavy (non-hydrogen) atoms. The first-order valence-electron chi connectivity index (χ1n) is 11.3. The SMILES string of the molecule is CCC(O)(CC)C(=O)COCC(=O)NCCCOCCCCOCCCNC(C)C. The fourth-order valence-electron chi connectivity index (χ4n) is 2.65. The molecule has 3 N–H and O–H groups in total. The Morgan fingerprint density at radius 1 is 0.833 bits per heavy atom. The summed E-state index contributed by atoms with van der Waals surface area (Å²) in [6, 6.07) is 0.522. The summed E-state index contributed by atoms with van der Waals surface area (Å²) in [5.74, 6) is -0.665. The molecule has 0 radical (unpaired) electrons. The van der Waals surface area contributed by atoms with Crippen LogP contribution in [-0.4, -0.2) is 81.2 Å². The van der Waals surface area contributed by atoms with Crippen molar-refractivity contribution in [2.24, 2.45) is 0 Å². The summed E-state index contributed by atoms with van der Waals surface area (Å²) in [5.41, 5.74) is -1.36. The van der Waals surface area contributed by atoms with Gasteiger partial charge in [-0.05, 0) is 45.1 Å². The van der Waals surface area contributed by atoms with E-state index < -0.39 is 5.60 Å². The lowest BCUT2D eigenvalue weighted by molar-refractivity contribution is -0.144. The molecule has 0 saturated carbocycles. The molecule has 0 aliphatic heterocycles. The Labute approximate surface area is 182 Å². The number of unbranched alkanes of at least 4 members (excludes halogenated alkanes) is 1. The predicted octanol–water partition coefficient (Wildman–Crippen LogP) is 1.83. The number of rotatable bonds is 21. The van der Waals surface area contributed by atoms with E-state index in [1.165, 1.54) is 0 Å². The van der Waals surface area contributed by atoms with Crippen molar-refractivity contribution >= 4 is 11.7 Å². The van der Waals surface area contributed by atoms with Crippen molar-refractivity contribution in [2.75, 3.05) is 52.7 Å². The lowest BCUT2D eigenvalue weighted by Gasteiger charge is -2.23. The maximum absolute atomic E-state index is 11.9. The van der Waals surface area contributed by atoms with E-state index in [2.05, 4.69) is 24.5 Å².